The smallest absolute Gasteiger partial charge is 0.257 e. The van der Waals surface area contributed by atoms with Gasteiger partial charge in [-0.2, -0.15) is 0 Å². The second-order valence-electron chi connectivity index (χ2n) is 3.86. The van der Waals surface area contributed by atoms with Crippen LogP contribution in [0.3, 0.4) is 0 Å². The number of carbonyl (C=O) groups excluding carboxylic acids is 1. The highest BCUT2D eigenvalue weighted by atomic mass is 35.5. The van der Waals surface area contributed by atoms with E-state index in [0.717, 1.165) is 0 Å². The van der Waals surface area contributed by atoms with E-state index in [2.05, 4.69) is 12.6 Å². The van der Waals surface area contributed by atoms with Gasteiger partial charge in [-0.1, -0.05) is 11.6 Å². The van der Waals surface area contributed by atoms with Crippen LogP contribution in [-0.2, 0) is 0 Å². The minimum absolute atomic E-state index is 0.00212. The molecule has 0 bridgehead atoms. The Labute approximate surface area is 123 Å². The van der Waals surface area contributed by atoms with Crippen LogP contribution >= 0.6 is 24.2 Å². The number of amides is 1. The van der Waals surface area contributed by atoms with E-state index in [4.69, 9.17) is 11.6 Å². The highest BCUT2D eigenvalue weighted by Crippen LogP contribution is 2.24. The van der Waals surface area contributed by atoms with Crippen molar-refractivity contribution in [3.8, 4) is 0 Å². The van der Waals surface area contributed by atoms with Crippen molar-refractivity contribution in [3.05, 3.63) is 58.4 Å². The van der Waals surface area contributed by atoms with E-state index in [1.54, 1.807) is 6.07 Å². The van der Waals surface area contributed by atoms with Crippen molar-refractivity contribution in [1.29, 1.82) is 0 Å². The largest absolute Gasteiger partial charge is 0.317 e. The van der Waals surface area contributed by atoms with Crippen molar-refractivity contribution in [1.82, 2.24) is 0 Å². The van der Waals surface area contributed by atoms with Gasteiger partial charge in [0.15, 0.2) is 11.6 Å². The topological polar surface area (TPSA) is 29.1 Å². The van der Waals surface area contributed by atoms with Gasteiger partial charge in [0.25, 0.3) is 5.91 Å². The van der Waals surface area contributed by atoms with E-state index >= 15 is 0 Å². The molecule has 0 unspecified atom stereocenters. The van der Waals surface area contributed by atoms with Crippen LogP contribution in [0.2, 0.25) is 5.02 Å². The lowest BCUT2D eigenvalue weighted by Gasteiger charge is -2.09. The van der Waals surface area contributed by atoms with Crippen molar-refractivity contribution in [2.75, 3.05) is 5.32 Å². The number of carbonyl (C=O) groups is 1. The van der Waals surface area contributed by atoms with Gasteiger partial charge < -0.3 is 5.32 Å². The molecule has 0 aliphatic rings. The maximum atomic E-state index is 13.4. The SMILES string of the molecule is O=C(Nc1c(F)cc(F)cc1F)c1cc(S)ccc1Cl. The Morgan fingerprint density at radius 1 is 1.10 bits per heavy atom. The van der Waals surface area contributed by atoms with Crippen LogP contribution in [0, 0.1) is 17.5 Å². The molecule has 0 aliphatic carbocycles. The molecule has 1 N–H and O–H groups in total. The lowest BCUT2D eigenvalue weighted by atomic mass is 10.2. The first-order valence-corrected chi connectivity index (χ1v) is 6.15. The molecule has 0 radical (unpaired) electrons. The van der Waals surface area contributed by atoms with Gasteiger partial charge in [0.2, 0.25) is 0 Å². The molecule has 20 heavy (non-hydrogen) atoms. The van der Waals surface area contributed by atoms with E-state index < -0.39 is 29.0 Å². The third-order valence-electron chi connectivity index (χ3n) is 2.44. The summed E-state index contributed by atoms with van der Waals surface area (Å²) in [5, 5.41) is 2.12. The Morgan fingerprint density at radius 2 is 1.70 bits per heavy atom. The van der Waals surface area contributed by atoms with E-state index in [-0.39, 0.29) is 10.6 Å². The number of halogens is 4. The number of hydrogen-bond donors (Lipinski definition) is 2. The van der Waals surface area contributed by atoms with Gasteiger partial charge in [-0.25, -0.2) is 13.2 Å². The Morgan fingerprint density at radius 3 is 2.30 bits per heavy atom. The van der Waals surface area contributed by atoms with E-state index in [1.165, 1.54) is 12.1 Å². The van der Waals surface area contributed by atoms with Crippen molar-refractivity contribution in [2.45, 2.75) is 4.90 Å². The van der Waals surface area contributed by atoms with Gasteiger partial charge in [-0.15, -0.1) is 12.6 Å². The molecule has 7 heteroatoms. The standard InChI is InChI=1S/C13H7ClF3NOS/c14-9-2-1-7(20)5-8(9)13(19)18-12-10(16)3-6(15)4-11(12)17/h1-5,20H,(H,18,19). The zero-order chi connectivity index (χ0) is 14.9. The average molecular weight is 318 g/mol. The van der Waals surface area contributed by atoms with Crippen molar-refractivity contribution >= 4 is 35.8 Å². The monoisotopic (exact) mass is 317 g/mol. The highest BCUT2D eigenvalue weighted by molar-refractivity contribution is 7.80. The predicted octanol–water partition coefficient (Wildman–Crippen LogP) is 4.30. The van der Waals surface area contributed by atoms with Crippen LogP contribution in [0.15, 0.2) is 35.2 Å². The summed E-state index contributed by atoms with van der Waals surface area (Å²) in [7, 11) is 0. The Hall–Kier alpha value is -1.66. The molecule has 0 aromatic heterocycles. The molecule has 0 atom stereocenters. The number of anilines is 1. The van der Waals surface area contributed by atoms with Crippen molar-refractivity contribution in [2.24, 2.45) is 0 Å². The summed E-state index contributed by atoms with van der Waals surface area (Å²) in [6, 6.07) is 5.27. The van der Waals surface area contributed by atoms with Crippen LogP contribution in [0.25, 0.3) is 0 Å². The number of hydrogen-bond acceptors (Lipinski definition) is 2. The van der Waals surface area contributed by atoms with Crippen LogP contribution in [0.1, 0.15) is 10.4 Å². The number of thiol groups is 1. The summed E-state index contributed by atoms with van der Waals surface area (Å²) in [4.78, 5) is 12.4. The molecule has 1 amide bonds. The molecule has 0 saturated carbocycles. The molecular formula is C13H7ClF3NOS. The zero-order valence-electron chi connectivity index (χ0n) is 9.75. The summed E-state index contributed by atoms with van der Waals surface area (Å²) in [6.07, 6.45) is 0. The number of nitrogens with one attached hydrogen (secondary N) is 1. The maximum absolute atomic E-state index is 13.4. The Kier molecular flexibility index (Phi) is 4.25. The summed E-state index contributed by atoms with van der Waals surface area (Å²) in [5.41, 5.74) is -0.737. The summed E-state index contributed by atoms with van der Waals surface area (Å²) in [5.74, 6) is -4.33. The third-order valence-corrected chi connectivity index (χ3v) is 3.05. The summed E-state index contributed by atoms with van der Waals surface area (Å²) in [6.45, 7) is 0. The van der Waals surface area contributed by atoms with Crippen LogP contribution in [-0.4, -0.2) is 5.91 Å². The molecule has 2 rings (SSSR count). The van der Waals surface area contributed by atoms with Crippen LogP contribution in [0.5, 0.6) is 0 Å². The van der Waals surface area contributed by atoms with Gasteiger partial charge in [-0.05, 0) is 18.2 Å². The van der Waals surface area contributed by atoms with Crippen molar-refractivity contribution in [3.63, 3.8) is 0 Å². The summed E-state index contributed by atoms with van der Waals surface area (Å²) < 4.78 is 39.6. The first-order valence-electron chi connectivity index (χ1n) is 5.33. The first-order chi connectivity index (χ1) is 9.38. The highest BCUT2D eigenvalue weighted by Gasteiger charge is 2.17. The van der Waals surface area contributed by atoms with E-state index in [0.29, 0.717) is 17.0 Å². The lowest BCUT2D eigenvalue weighted by molar-refractivity contribution is 0.102. The number of benzene rings is 2. The van der Waals surface area contributed by atoms with Gasteiger partial charge in [0.05, 0.1) is 10.6 Å². The molecule has 0 saturated heterocycles. The normalized spacial score (nSPS) is 10.4. The van der Waals surface area contributed by atoms with Gasteiger partial charge >= 0.3 is 0 Å². The van der Waals surface area contributed by atoms with Crippen molar-refractivity contribution < 1.29 is 18.0 Å². The molecule has 0 aliphatic heterocycles. The fraction of sp³-hybridized carbons (Fsp3) is 0. The first kappa shape index (κ1) is 14.7. The average Bonchev–Trinajstić information content (AvgIpc) is 2.36. The molecule has 2 aromatic carbocycles. The summed E-state index contributed by atoms with van der Waals surface area (Å²) >= 11 is 9.86. The molecule has 2 aromatic rings. The molecule has 104 valence electrons. The number of rotatable bonds is 2. The van der Waals surface area contributed by atoms with Gasteiger partial charge in [-0.3, -0.25) is 4.79 Å². The molecule has 2 nitrogen and oxygen atoms in total. The maximum Gasteiger partial charge on any atom is 0.257 e. The Balaban J connectivity index is 2.35. The lowest BCUT2D eigenvalue weighted by Crippen LogP contribution is -2.15. The molecule has 0 fully saturated rings. The van der Waals surface area contributed by atoms with Gasteiger partial charge in [0.1, 0.15) is 11.5 Å². The zero-order valence-corrected chi connectivity index (χ0v) is 11.4. The van der Waals surface area contributed by atoms with E-state index in [1.807, 2.05) is 5.32 Å². The van der Waals surface area contributed by atoms with Crippen LogP contribution < -0.4 is 5.32 Å². The molecule has 0 heterocycles. The van der Waals surface area contributed by atoms with Crippen LogP contribution in [0.4, 0.5) is 18.9 Å². The molecule has 0 spiro atoms. The minimum atomic E-state index is -1.21. The van der Waals surface area contributed by atoms with E-state index in [9.17, 15) is 18.0 Å². The van der Waals surface area contributed by atoms with Gasteiger partial charge in [0, 0.05) is 17.0 Å². The minimum Gasteiger partial charge on any atom is -0.317 e. The molecular weight excluding hydrogens is 311 g/mol. The second kappa shape index (κ2) is 5.76. The Bertz CT molecular complexity index is 670. The fourth-order valence-electron chi connectivity index (χ4n) is 1.53. The second-order valence-corrected chi connectivity index (χ2v) is 4.79. The quantitative estimate of drug-likeness (QED) is 0.795. The third kappa shape index (κ3) is 3.08. The fourth-order valence-corrected chi connectivity index (χ4v) is 1.94. The predicted molar refractivity (Wildman–Crippen MR) is 73.0 cm³/mol.